The zero-order chi connectivity index (χ0) is 20.3. The summed E-state index contributed by atoms with van der Waals surface area (Å²) in [7, 11) is 3.40. The standard InChI is InChI=1S/C20H16N2O4S2/c1-22(2)19(23)17-6-4-14(27-17)11-26-15-5-3-12(9-13(15)10-21)16-7-8-18(28-16)20(24)25/h3-9H,11H2,1-2H3,(H,24,25). The van der Waals surface area contributed by atoms with Crippen molar-refractivity contribution in [2.24, 2.45) is 0 Å². The molecule has 2 aromatic heterocycles. The molecule has 28 heavy (non-hydrogen) atoms. The van der Waals surface area contributed by atoms with Gasteiger partial charge < -0.3 is 14.7 Å². The number of hydrogen-bond donors (Lipinski definition) is 1. The van der Waals surface area contributed by atoms with Gasteiger partial charge in [0.05, 0.1) is 10.4 Å². The van der Waals surface area contributed by atoms with Crippen LogP contribution in [0, 0.1) is 11.3 Å². The van der Waals surface area contributed by atoms with Crippen LogP contribution in [0.2, 0.25) is 0 Å². The topological polar surface area (TPSA) is 90.6 Å². The minimum absolute atomic E-state index is 0.0602. The van der Waals surface area contributed by atoms with E-state index in [1.807, 2.05) is 6.07 Å². The second kappa shape index (κ2) is 8.25. The van der Waals surface area contributed by atoms with Crippen LogP contribution in [0.1, 0.15) is 29.8 Å². The highest BCUT2D eigenvalue weighted by molar-refractivity contribution is 7.17. The van der Waals surface area contributed by atoms with Crippen molar-refractivity contribution in [1.82, 2.24) is 4.90 Å². The van der Waals surface area contributed by atoms with Crippen LogP contribution in [0.4, 0.5) is 0 Å². The largest absolute Gasteiger partial charge is 0.487 e. The van der Waals surface area contributed by atoms with Gasteiger partial charge in [-0.05, 0) is 48.0 Å². The molecule has 2 heterocycles. The van der Waals surface area contributed by atoms with E-state index in [0.29, 0.717) is 16.2 Å². The quantitative estimate of drug-likeness (QED) is 0.651. The Labute approximate surface area is 169 Å². The van der Waals surface area contributed by atoms with Crippen LogP contribution >= 0.6 is 22.7 Å². The summed E-state index contributed by atoms with van der Waals surface area (Å²) in [5.74, 6) is -0.593. The number of rotatable bonds is 6. The monoisotopic (exact) mass is 412 g/mol. The number of carbonyl (C=O) groups excluding carboxylic acids is 1. The lowest BCUT2D eigenvalue weighted by Crippen LogP contribution is -2.20. The third-order valence-electron chi connectivity index (χ3n) is 3.85. The number of carboxylic acids is 1. The van der Waals surface area contributed by atoms with E-state index >= 15 is 0 Å². The van der Waals surface area contributed by atoms with Crippen LogP contribution in [-0.2, 0) is 6.61 Å². The lowest BCUT2D eigenvalue weighted by atomic mass is 10.1. The van der Waals surface area contributed by atoms with Crippen molar-refractivity contribution in [3.8, 4) is 22.3 Å². The van der Waals surface area contributed by atoms with Gasteiger partial charge in [-0.3, -0.25) is 4.79 Å². The summed E-state index contributed by atoms with van der Waals surface area (Å²) in [4.78, 5) is 27.0. The van der Waals surface area contributed by atoms with Gasteiger partial charge in [0.1, 0.15) is 23.3 Å². The summed E-state index contributed by atoms with van der Waals surface area (Å²) in [6.07, 6.45) is 0. The molecule has 0 aliphatic carbocycles. The van der Waals surface area contributed by atoms with Gasteiger partial charge in [-0.1, -0.05) is 0 Å². The maximum atomic E-state index is 12.0. The smallest absolute Gasteiger partial charge is 0.345 e. The van der Waals surface area contributed by atoms with E-state index in [1.165, 1.54) is 16.2 Å². The molecule has 0 unspecified atom stereocenters. The Bertz CT molecular complexity index is 1080. The number of carboxylic acid groups (broad SMARTS) is 1. The minimum Gasteiger partial charge on any atom is -0.487 e. The van der Waals surface area contributed by atoms with Gasteiger partial charge in [0, 0.05) is 23.8 Å². The molecule has 0 spiro atoms. The average molecular weight is 412 g/mol. The van der Waals surface area contributed by atoms with Crippen molar-refractivity contribution < 1.29 is 19.4 Å². The number of hydrogen-bond acceptors (Lipinski definition) is 6. The summed E-state index contributed by atoms with van der Waals surface area (Å²) in [5, 5.41) is 18.5. The average Bonchev–Trinajstić information content (AvgIpc) is 3.35. The summed E-state index contributed by atoms with van der Waals surface area (Å²) >= 11 is 2.51. The van der Waals surface area contributed by atoms with E-state index in [0.717, 1.165) is 26.7 Å². The molecule has 6 nitrogen and oxygen atoms in total. The number of amides is 1. The molecular formula is C20H16N2O4S2. The number of benzene rings is 1. The molecule has 3 rings (SSSR count). The lowest BCUT2D eigenvalue weighted by molar-refractivity contribution is 0.0701. The Hall–Kier alpha value is -3.15. The summed E-state index contributed by atoms with van der Waals surface area (Å²) < 4.78 is 5.77. The fourth-order valence-electron chi connectivity index (χ4n) is 2.44. The Morgan fingerprint density at radius 2 is 1.86 bits per heavy atom. The van der Waals surface area contributed by atoms with Crippen LogP contribution < -0.4 is 4.74 Å². The predicted octanol–water partition coefficient (Wildman–Crippen LogP) is 4.33. The number of carbonyl (C=O) groups is 2. The molecule has 0 radical (unpaired) electrons. The van der Waals surface area contributed by atoms with Crippen LogP contribution in [-0.4, -0.2) is 36.0 Å². The molecular weight excluding hydrogens is 396 g/mol. The summed E-state index contributed by atoms with van der Waals surface area (Å²) in [6, 6.07) is 14.2. The van der Waals surface area contributed by atoms with Crippen molar-refractivity contribution in [2.75, 3.05) is 14.1 Å². The molecule has 3 aromatic rings. The first-order valence-electron chi connectivity index (χ1n) is 8.20. The molecule has 8 heteroatoms. The molecule has 1 aromatic carbocycles. The minimum atomic E-state index is -0.972. The van der Waals surface area contributed by atoms with Gasteiger partial charge in [0.25, 0.3) is 5.91 Å². The van der Waals surface area contributed by atoms with Gasteiger partial charge in [-0.15, -0.1) is 22.7 Å². The van der Waals surface area contributed by atoms with Crippen LogP contribution in [0.25, 0.3) is 10.4 Å². The summed E-state index contributed by atoms with van der Waals surface area (Å²) in [6.45, 7) is 0.252. The number of nitriles is 1. The van der Waals surface area contributed by atoms with Gasteiger partial charge in [0.15, 0.2) is 0 Å². The van der Waals surface area contributed by atoms with Crippen molar-refractivity contribution in [1.29, 1.82) is 5.26 Å². The Morgan fingerprint density at radius 3 is 2.50 bits per heavy atom. The second-order valence-corrected chi connectivity index (χ2v) is 8.30. The first-order valence-corrected chi connectivity index (χ1v) is 9.83. The molecule has 142 valence electrons. The zero-order valence-corrected chi connectivity index (χ0v) is 16.8. The van der Waals surface area contributed by atoms with Crippen LogP contribution in [0.5, 0.6) is 5.75 Å². The molecule has 0 fully saturated rings. The van der Waals surface area contributed by atoms with Crippen molar-refractivity contribution in [3.05, 3.63) is 62.7 Å². The normalized spacial score (nSPS) is 10.3. The molecule has 0 atom stereocenters. The number of nitrogens with zero attached hydrogens (tertiary/aromatic N) is 2. The number of thiophene rings is 2. The number of ether oxygens (including phenoxy) is 1. The second-order valence-electron chi connectivity index (χ2n) is 6.05. The van der Waals surface area contributed by atoms with E-state index in [9.17, 15) is 14.9 Å². The fraction of sp³-hybridized carbons (Fsp3) is 0.150. The van der Waals surface area contributed by atoms with E-state index < -0.39 is 5.97 Å². The Balaban J connectivity index is 1.75. The molecule has 1 amide bonds. The predicted molar refractivity (Wildman–Crippen MR) is 108 cm³/mol. The Morgan fingerprint density at radius 1 is 1.11 bits per heavy atom. The highest BCUT2D eigenvalue weighted by atomic mass is 32.1. The van der Waals surface area contributed by atoms with Gasteiger partial charge in [-0.25, -0.2) is 4.79 Å². The first kappa shape index (κ1) is 19.6. The molecule has 0 aliphatic heterocycles. The fourth-order valence-corrected chi connectivity index (χ4v) is 4.23. The van der Waals surface area contributed by atoms with E-state index in [-0.39, 0.29) is 17.4 Å². The van der Waals surface area contributed by atoms with Crippen molar-refractivity contribution in [3.63, 3.8) is 0 Å². The van der Waals surface area contributed by atoms with Gasteiger partial charge in [-0.2, -0.15) is 5.26 Å². The zero-order valence-electron chi connectivity index (χ0n) is 15.1. The molecule has 1 N–H and O–H groups in total. The number of aromatic carboxylic acids is 1. The van der Waals surface area contributed by atoms with Crippen LogP contribution in [0.3, 0.4) is 0 Å². The van der Waals surface area contributed by atoms with Crippen molar-refractivity contribution in [2.45, 2.75) is 6.61 Å². The van der Waals surface area contributed by atoms with E-state index in [2.05, 4.69) is 6.07 Å². The van der Waals surface area contributed by atoms with Crippen LogP contribution in [0.15, 0.2) is 42.5 Å². The van der Waals surface area contributed by atoms with Crippen molar-refractivity contribution >= 4 is 34.6 Å². The highest BCUT2D eigenvalue weighted by Gasteiger charge is 2.13. The third kappa shape index (κ3) is 4.22. The SMILES string of the molecule is CN(C)C(=O)c1ccc(COc2ccc(-c3ccc(C(=O)O)s3)cc2C#N)s1. The molecule has 0 aliphatic rings. The lowest BCUT2D eigenvalue weighted by Gasteiger charge is -2.09. The molecule has 0 saturated heterocycles. The van der Waals surface area contributed by atoms with Gasteiger partial charge >= 0.3 is 5.97 Å². The first-order chi connectivity index (χ1) is 13.4. The maximum Gasteiger partial charge on any atom is 0.345 e. The highest BCUT2D eigenvalue weighted by Crippen LogP contribution is 2.32. The van der Waals surface area contributed by atoms with E-state index in [1.54, 1.807) is 50.5 Å². The summed E-state index contributed by atoms with van der Waals surface area (Å²) in [5.41, 5.74) is 1.13. The Kier molecular flexibility index (Phi) is 5.78. The van der Waals surface area contributed by atoms with Gasteiger partial charge in [0.2, 0.25) is 0 Å². The maximum absolute atomic E-state index is 12.0. The third-order valence-corrected chi connectivity index (χ3v) is 6.02. The molecule has 0 bridgehead atoms. The molecule has 0 saturated carbocycles. The van der Waals surface area contributed by atoms with E-state index in [4.69, 9.17) is 9.84 Å².